The summed E-state index contributed by atoms with van der Waals surface area (Å²) in [4.78, 5) is 37.4. The number of aliphatic hydroxyl groups excluding tert-OH is 1. The molecule has 0 aromatic carbocycles. The Kier molecular flexibility index (Phi) is 5.19. The van der Waals surface area contributed by atoms with Gasteiger partial charge in [0.2, 0.25) is 0 Å². The van der Waals surface area contributed by atoms with E-state index in [9.17, 15) is 14.5 Å². The van der Waals surface area contributed by atoms with Crippen LogP contribution < -0.4 is 11.4 Å². The number of nitrogen functional groups attached to an aromatic ring is 1. The highest BCUT2D eigenvalue weighted by atomic mass is 31.2. The number of rotatable bonds is 5. The molecular weight excluding hydrogens is 367 g/mol. The highest BCUT2D eigenvalue weighted by molar-refractivity contribution is 7.46. The van der Waals surface area contributed by atoms with Gasteiger partial charge in [0, 0.05) is 30.6 Å². The number of ether oxygens (including phenoxy) is 1. The lowest BCUT2D eigenvalue weighted by Crippen LogP contribution is -2.29. The van der Waals surface area contributed by atoms with Crippen LogP contribution in [0.4, 0.5) is 5.82 Å². The molecule has 0 amide bonds. The molecule has 12 heteroatoms. The van der Waals surface area contributed by atoms with E-state index in [1.165, 1.54) is 10.8 Å². The van der Waals surface area contributed by atoms with E-state index in [1.807, 2.05) is 0 Å². The van der Waals surface area contributed by atoms with E-state index in [0.717, 1.165) is 0 Å². The second kappa shape index (κ2) is 7.23. The third-order valence-corrected chi connectivity index (χ3v) is 4.38. The van der Waals surface area contributed by atoms with Gasteiger partial charge >= 0.3 is 13.5 Å². The predicted octanol–water partition coefficient (Wildman–Crippen LogP) is -0.355. The summed E-state index contributed by atoms with van der Waals surface area (Å²) >= 11 is 0. The maximum absolute atomic E-state index is 12.2. The highest BCUT2D eigenvalue weighted by Crippen LogP contribution is 2.38. The average Bonchev–Trinajstić information content (AvgIpc) is 2.94. The lowest BCUT2D eigenvalue weighted by Gasteiger charge is -2.17. The van der Waals surface area contributed by atoms with Crippen molar-refractivity contribution in [2.45, 2.75) is 24.9 Å². The molecule has 3 atom stereocenters. The highest BCUT2D eigenvalue weighted by Gasteiger charge is 2.37. The Morgan fingerprint density at radius 2 is 2.08 bits per heavy atom. The first-order chi connectivity index (χ1) is 12.2. The number of pyridine rings is 1. The molecule has 0 bridgehead atoms. The molecule has 11 nitrogen and oxygen atoms in total. The van der Waals surface area contributed by atoms with E-state index < -0.39 is 38.6 Å². The van der Waals surface area contributed by atoms with Crippen molar-refractivity contribution in [3.63, 3.8) is 0 Å². The zero-order valence-corrected chi connectivity index (χ0v) is 14.3. The molecule has 0 unspecified atom stereocenters. The zero-order valence-electron chi connectivity index (χ0n) is 13.4. The lowest BCUT2D eigenvalue weighted by atomic mass is 10.1. The van der Waals surface area contributed by atoms with Crippen molar-refractivity contribution in [2.24, 2.45) is 0 Å². The van der Waals surface area contributed by atoms with Gasteiger partial charge < -0.3 is 25.4 Å². The summed E-state index contributed by atoms with van der Waals surface area (Å²) in [7, 11) is -4.69. The number of nitrogens with zero attached hydrogens (tertiary/aromatic N) is 3. The van der Waals surface area contributed by atoms with Gasteiger partial charge in [0.25, 0.3) is 0 Å². The Hall–Kier alpha value is -2.14. The molecule has 1 aliphatic rings. The first kappa shape index (κ1) is 18.6. The van der Waals surface area contributed by atoms with Gasteiger partial charge in [-0.1, -0.05) is 0 Å². The van der Waals surface area contributed by atoms with Gasteiger partial charge in [-0.2, -0.15) is 4.98 Å². The van der Waals surface area contributed by atoms with Crippen LogP contribution in [0.25, 0.3) is 11.1 Å². The van der Waals surface area contributed by atoms with Crippen LogP contribution in [0, 0.1) is 0 Å². The van der Waals surface area contributed by atoms with E-state index in [2.05, 4.69) is 14.5 Å². The number of phosphoric ester groups is 1. The molecule has 2 aromatic heterocycles. The molecule has 26 heavy (non-hydrogen) atoms. The maximum Gasteiger partial charge on any atom is 0.469 e. The summed E-state index contributed by atoms with van der Waals surface area (Å²) in [6.07, 6.45) is 1.67. The molecule has 0 aliphatic carbocycles. The van der Waals surface area contributed by atoms with Gasteiger partial charge in [0.05, 0.1) is 12.7 Å². The molecule has 2 aromatic rings. The molecule has 3 heterocycles. The van der Waals surface area contributed by atoms with Gasteiger partial charge in [0.15, 0.2) is 0 Å². The number of aromatic nitrogens is 3. The van der Waals surface area contributed by atoms with Gasteiger partial charge in [-0.25, -0.2) is 9.36 Å². The van der Waals surface area contributed by atoms with E-state index in [1.54, 1.807) is 24.5 Å². The topological polar surface area (TPSA) is 170 Å². The molecule has 1 saturated heterocycles. The van der Waals surface area contributed by atoms with Crippen LogP contribution in [0.15, 0.2) is 35.5 Å². The van der Waals surface area contributed by atoms with Crippen molar-refractivity contribution in [2.75, 3.05) is 12.3 Å². The van der Waals surface area contributed by atoms with Crippen molar-refractivity contribution in [3.05, 3.63) is 41.2 Å². The van der Waals surface area contributed by atoms with E-state index in [4.69, 9.17) is 20.3 Å². The van der Waals surface area contributed by atoms with Crippen LogP contribution in [-0.2, 0) is 13.8 Å². The maximum atomic E-state index is 12.2. The molecule has 0 spiro atoms. The van der Waals surface area contributed by atoms with Crippen LogP contribution in [0.1, 0.15) is 12.6 Å². The molecule has 3 rings (SSSR count). The summed E-state index contributed by atoms with van der Waals surface area (Å²) in [6.45, 7) is -0.518. The second-order valence-electron chi connectivity index (χ2n) is 5.68. The van der Waals surface area contributed by atoms with Gasteiger partial charge in [0.1, 0.15) is 18.1 Å². The average molecular weight is 384 g/mol. The number of nitrogens with two attached hydrogens (primary N) is 1. The summed E-state index contributed by atoms with van der Waals surface area (Å²) in [6, 6.07) is 3.40. The van der Waals surface area contributed by atoms with Crippen LogP contribution in [-0.4, -0.2) is 48.2 Å². The van der Waals surface area contributed by atoms with Crippen molar-refractivity contribution in [1.82, 2.24) is 14.5 Å². The third-order valence-electron chi connectivity index (χ3n) is 3.89. The summed E-state index contributed by atoms with van der Waals surface area (Å²) in [5.41, 5.74) is 6.34. The molecule has 1 fully saturated rings. The summed E-state index contributed by atoms with van der Waals surface area (Å²) in [5.74, 6) is 0.0392. The normalized spacial score (nSPS) is 23.3. The Bertz CT molecular complexity index is 885. The van der Waals surface area contributed by atoms with Crippen molar-refractivity contribution < 1.29 is 28.7 Å². The minimum absolute atomic E-state index is 0.0243. The minimum Gasteiger partial charge on any atom is -0.390 e. The molecule has 0 saturated carbocycles. The van der Waals surface area contributed by atoms with Crippen LogP contribution >= 0.6 is 7.82 Å². The number of phosphoric acid groups is 1. The van der Waals surface area contributed by atoms with Crippen LogP contribution in [0.2, 0.25) is 0 Å². The molecular formula is C14H17N4O7P. The van der Waals surface area contributed by atoms with Crippen LogP contribution in [0.5, 0.6) is 0 Å². The molecule has 140 valence electrons. The summed E-state index contributed by atoms with van der Waals surface area (Å²) < 4.78 is 21.8. The Balaban J connectivity index is 1.86. The number of hydrogen-bond acceptors (Lipinski definition) is 8. The zero-order chi connectivity index (χ0) is 18.9. The Morgan fingerprint density at radius 3 is 2.73 bits per heavy atom. The lowest BCUT2D eigenvalue weighted by molar-refractivity contribution is -0.0449. The van der Waals surface area contributed by atoms with E-state index in [-0.39, 0.29) is 12.2 Å². The first-order valence-electron chi connectivity index (χ1n) is 7.57. The number of hydrogen-bond donors (Lipinski definition) is 4. The second-order valence-corrected chi connectivity index (χ2v) is 6.92. The molecule has 1 aliphatic heterocycles. The fourth-order valence-corrected chi connectivity index (χ4v) is 2.99. The fraction of sp³-hybridized carbons (Fsp3) is 0.357. The van der Waals surface area contributed by atoms with E-state index >= 15 is 0 Å². The van der Waals surface area contributed by atoms with Gasteiger partial charge in [-0.05, 0) is 17.7 Å². The molecule has 0 radical (unpaired) electrons. The standard InChI is InChI=1S/C14H17N4O7P/c15-13-9(8-1-3-16-4-2-8)6-18(14(20)17-13)12-5-10(19)11(25-12)7-24-26(21,22)23/h1-4,6,10-12,19H,5,7H2,(H2,15,17,20)(H2,21,22,23)/t10-,11+,12+/m0/s1. The summed E-state index contributed by atoms with van der Waals surface area (Å²) in [5, 5.41) is 10.0. The number of anilines is 1. The minimum atomic E-state index is -4.69. The van der Waals surface area contributed by atoms with E-state index in [0.29, 0.717) is 11.1 Å². The molecule has 5 N–H and O–H groups in total. The SMILES string of the molecule is Nc1nc(=O)n([C@H]2C[C@H](O)[C@@H](COP(=O)(O)O)O2)cc1-c1ccncc1. The van der Waals surface area contributed by atoms with Crippen molar-refractivity contribution in [3.8, 4) is 11.1 Å². The smallest absolute Gasteiger partial charge is 0.390 e. The van der Waals surface area contributed by atoms with Crippen LogP contribution in [0.3, 0.4) is 0 Å². The van der Waals surface area contributed by atoms with Crippen molar-refractivity contribution in [1.29, 1.82) is 0 Å². The monoisotopic (exact) mass is 384 g/mol. The quantitative estimate of drug-likeness (QED) is 0.499. The third kappa shape index (κ3) is 4.15. The fourth-order valence-electron chi connectivity index (χ4n) is 2.65. The van der Waals surface area contributed by atoms with Gasteiger partial charge in [-0.3, -0.25) is 14.1 Å². The predicted molar refractivity (Wildman–Crippen MR) is 88.7 cm³/mol. The number of aliphatic hydroxyl groups is 1. The Labute approximate surface area is 147 Å². The van der Waals surface area contributed by atoms with Gasteiger partial charge in [-0.15, -0.1) is 0 Å². The largest absolute Gasteiger partial charge is 0.469 e. The van der Waals surface area contributed by atoms with Crippen molar-refractivity contribution >= 4 is 13.6 Å². The Morgan fingerprint density at radius 1 is 1.38 bits per heavy atom. The first-order valence-corrected chi connectivity index (χ1v) is 9.10.